The number of benzene rings is 2. The van der Waals surface area contributed by atoms with Gasteiger partial charge < -0.3 is 9.64 Å². The van der Waals surface area contributed by atoms with Crippen LogP contribution in [-0.4, -0.2) is 29.7 Å². The van der Waals surface area contributed by atoms with Crippen LogP contribution in [0, 0.1) is 6.92 Å². The second-order valence-electron chi connectivity index (χ2n) is 6.07. The van der Waals surface area contributed by atoms with Gasteiger partial charge in [0, 0.05) is 6.54 Å². The van der Waals surface area contributed by atoms with Crippen LogP contribution in [0.5, 0.6) is 0 Å². The number of ether oxygens (including phenoxy) is 1. The molecule has 2 aromatic carbocycles. The van der Waals surface area contributed by atoms with Gasteiger partial charge in [-0.2, -0.15) is 0 Å². The van der Waals surface area contributed by atoms with Gasteiger partial charge in [-0.15, -0.1) is 0 Å². The van der Waals surface area contributed by atoms with E-state index in [1.54, 1.807) is 6.07 Å². The van der Waals surface area contributed by atoms with Crippen LogP contribution < -0.4 is 10.5 Å². The summed E-state index contributed by atoms with van der Waals surface area (Å²) in [7, 11) is 0. The summed E-state index contributed by atoms with van der Waals surface area (Å²) >= 11 is 0. The van der Waals surface area contributed by atoms with Crippen molar-refractivity contribution in [1.82, 2.24) is 9.97 Å². The maximum absolute atomic E-state index is 12.3. The molecule has 1 N–H and O–H groups in total. The molecule has 1 aromatic heterocycles. The van der Waals surface area contributed by atoms with E-state index in [1.165, 1.54) is 11.1 Å². The van der Waals surface area contributed by atoms with Crippen LogP contribution in [0.3, 0.4) is 0 Å². The third-order valence-corrected chi connectivity index (χ3v) is 4.50. The van der Waals surface area contributed by atoms with E-state index >= 15 is 0 Å². The number of morpholine rings is 1. The Balaban J connectivity index is 1.67. The summed E-state index contributed by atoms with van der Waals surface area (Å²) in [6, 6.07) is 15.7. The number of nitrogens with zero attached hydrogens (tertiary/aromatic N) is 2. The maximum Gasteiger partial charge on any atom is 0.260 e. The van der Waals surface area contributed by atoms with Gasteiger partial charge in [-0.05, 0) is 30.2 Å². The molecule has 0 bridgehead atoms. The first-order valence-corrected chi connectivity index (χ1v) is 8.13. The zero-order valence-corrected chi connectivity index (χ0v) is 13.5. The summed E-state index contributed by atoms with van der Waals surface area (Å²) in [6.07, 6.45) is -0.0169. The van der Waals surface area contributed by atoms with Crippen LogP contribution >= 0.6 is 0 Å². The molecule has 0 amide bonds. The number of rotatable bonds is 2. The Kier molecular flexibility index (Phi) is 3.78. The van der Waals surface area contributed by atoms with Crippen molar-refractivity contribution >= 4 is 16.9 Å². The van der Waals surface area contributed by atoms with Gasteiger partial charge in [-0.25, -0.2) is 4.98 Å². The SMILES string of the molecule is Cc1ccccc1C1CN(c2nc3ccccc3c(=O)[nH]2)CCO1. The fourth-order valence-electron chi connectivity index (χ4n) is 3.20. The molecule has 0 spiro atoms. The first-order chi connectivity index (χ1) is 11.7. The summed E-state index contributed by atoms with van der Waals surface area (Å²) in [5, 5.41) is 0.616. The Morgan fingerprint density at radius 1 is 1.17 bits per heavy atom. The minimum Gasteiger partial charge on any atom is -0.370 e. The van der Waals surface area contributed by atoms with Crippen molar-refractivity contribution in [3.8, 4) is 0 Å². The molecule has 1 fully saturated rings. The van der Waals surface area contributed by atoms with Crippen molar-refractivity contribution in [2.45, 2.75) is 13.0 Å². The summed E-state index contributed by atoms with van der Waals surface area (Å²) in [5.41, 5.74) is 3.01. The number of anilines is 1. The van der Waals surface area contributed by atoms with Gasteiger partial charge >= 0.3 is 0 Å². The first-order valence-electron chi connectivity index (χ1n) is 8.13. The summed E-state index contributed by atoms with van der Waals surface area (Å²) in [4.78, 5) is 21.9. The summed E-state index contributed by atoms with van der Waals surface area (Å²) in [6.45, 7) is 4.08. The second-order valence-corrected chi connectivity index (χ2v) is 6.07. The Morgan fingerprint density at radius 2 is 1.96 bits per heavy atom. The Morgan fingerprint density at radius 3 is 2.83 bits per heavy atom. The molecular formula is C19H19N3O2. The van der Waals surface area contributed by atoms with Crippen LogP contribution in [0.2, 0.25) is 0 Å². The van der Waals surface area contributed by atoms with Gasteiger partial charge in [0.1, 0.15) is 6.10 Å². The number of H-pyrrole nitrogens is 1. The molecule has 1 saturated heterocycles. The smallest absolute Gasteiger partial charge is 0.260 e. The molecular weight excluding hydrogens is 302 g/mol. The van der Waals surface area contributed by atoms with Crippen molar-refractivity contribution < 1.29 is 4.74 Å². The zero-order chi connectivity index (χ0) is 16.5. The third-order valence-electron chi connectivity index (χ3n) is 4.50. The summed E-state index contributed by atoms with van der Waals surface area (Å²) in [5.74, 6) is 0.612. The number of para-hydroxylation sites is 1. The molecule has 5 heteroatoms. The van der Waals surface area contributed by atoms with E-state index in [0.717, 1.165) is 5.52 Å². The predicted octanol–water partition coefficient (Wildman–Crippen LogP) is 2.81. The van der Waals surface area contributed by atoms with Gasteiger partial charge in [0.15, 0.2) is 0 Å². The fraction of sp³-hybridized carbons (Fsp3) is 0.263. The average molecular weight is 321 g/mol. The van der Waals surface area contributed by atoms with Crippen molar-refractivity contribution in [2.24, 2.45) is 0 Å². The number of aromatic nitrogens is 2. The van der Waals surface area contributed by atoms with Crippen LogP contribution in [0.25, 0.3) is 10.9 Å². The van der Waals surface area contributed by atoms with Crippen molar-refractivity contribution in [3.63, 3.8) is 0 Å². The normalized spacial score (nSPS) is 18.0. The van der Waals surface area contributed by atoms with Crippen LogP contribution in [0.4, 0.5) is 5.95 Å². The number of aromatic amines is 1. The van der Waals surface area contributed by atoms with E-state index in [2.05, 4.69) is 33.9 Å². The maximum atomic E-state index is 12.3. The molecule has 0 saturated carbocycles. The van der Waals surface area contributed by atoms with Gasteiger partial charge in [0.2, 0.25) is 5.95 Å². The van der Waals surface area contributed by atoms with Crippen molar-refractivity contribution in [1.29, 1.82) is 0 Å². The Labute approximate surface area is 139 Å². The molecule has 0 aliphatic carbocycles. The largest absolute Gasteiger partial charge is 0.370 e. The highest BCUT2D eigenvalue weighted by Crippen LogP contribution is 2.26. The van der Waals surface area contributed by atoms with E-state index in [9.17, 15) is 4.79 Å². The lowest BCUT2D eigenvalue weighted by Crippen LogP contribution is -2.40. The topological polar surface area (TPSA) is 58.2 Å². The molecule has 1 aliphatic heterocycles. The highest BCUT2D eigenvalue weighted by atomic mass is 16.5. The lowest BCUT2D eigenvalue weighted by atomic mass is 10.0. The summed E-state index contributed by atoms with van der Waals surface area (Å²) < 4.78 is 5.95. The van der Waals surface area contributed by atoms with Gasteiger partial charge in [0.05, 0.1) is 24.1 Å². The van der Waals surface area contributed by atoms with E-state index in [4.69, 9.17) is 4.74 Å². The van der Waals surface area contributed by atoms with E-state index in [0.29, 0.717) is 31.0 Å². The number of hydrogen-bond donors (Lipinski definition) is 1. The molecule has 1 atom stereocenters. The molecule has 3 aromatic rings. The predicted molar refractivity (Wildman–Crippen MR) is 94.4 cm³/mol. The molecule has 1 aliphatic rings. The van der Waals surface area contributed by atoms with Crippen LogP contribution in [0.15, 0.2) is 53.3 Å². The van der Waals surface area contributed by atoms with E-state index in [1.807, 2.05) is 30.3 Å². The van der Waals surface area contributed by atoms with Gasteiger partial charge in [-0.1, -0.05) is 36.4 Å². The monoisotopic (exact) mass is 321 g/mol. The van der Waals surface area contributed by atoms with E-state index in [-0.39, 0.29) is 11.7 Å². The molecule has 1 unspecified atom stereocenters. The van der Waals surface area contributed by atoms with Crippen molar-refractivity contribution in [2.75, 3.05) is 24.6 Å². The Hall–Kier alpha value is -2.66. The molecule has 122 valence electrons. The lowest BCUT2D eigenvalue weighted by molar-refractivity contribution is 0.0388. The zero-order valence-electron chi connectivity index (χ0n) is 13.5. The second kappa shape index (κ2) is 6.09. The number of nitrogens with one attached hydrogen (secondary N) is 1. The first kappa shape index (κ1) is 14.9. The minimum absolute atomic E-state index is 0.0169. The van der Waals surface area contributed by atoms with Gasteiger partial charge in [-0.3, -0.25) is 9.78 Å². The van der Waals surface area contributed by atoms with Gasteiger partial charge in [0.25, 0.3) is 5.56 Å². The molecule has 0 radical (unpaired) electrons. The van der Waals surface area contributed by atoms with Crippen LogP contribution in [-0.2, 0) is 4.74 Å². The van der Waals surface area contributed by atoms with Crippen LogP contribution in [0.1, 0.15) is 17.2 Å². The van der Waals surface area contributed by atoms with E-state index < -0.39 is 0 Å². The highest BCUT2D eigenvalue weighted by molar-refractivity contribution is 5.78. The molecule has 24 heavy (non-hydrogen) atoms. The highest BCUT2D eigenvalue weighted by Gasteiger charge is 2.24. The molecule has 5 nitrogen and oxygen atoms in total. The minimum atomic E-state index is -0.102. The van der Waals surface area contributed by atoms with Crippen molar-refractivity contribution in [3.05, 3.63) is 70.0 Å². The third kappa shape index (κ3) is 2.67. The number of hydrogen-bond acceptors (Lipinski definition) is 4. The molecule has 2 heterocycles. The average Bonchev–Trinajstić information content (AvgIpc) is 2.62. The number of fused-ring (bicyclic) bond motifs is 1. The fourth-order valence-corrected chi connectivity index (χ4v) is 3.20. The Bertz CT molecular complexity index is 935. The standard InChI is InChI=1S/C19H19N3O2/c1-13-6-2-3-7-14(13)17-12-22(10-11-24-17)19-20-16-9-5-4-8-15(16)18(23)21-19/h2-9,17H,10-12H2,1H3,(H,20,21,23). The lowest BCUT2D eigenvalue weighted by Gasteiger charge is -2.34. The quantitative estimate of drug-likeness (QED) is 0.788. The molecule has 4 rings (SSSR count). The number of aryl methyl sites for hydroxylation is 1.